The summed E-state index contributed by atoms with van der Waals surface area (Å²) in [5.41, 5.74) is 3.03. The summed E-state index contributed by atoms with van der Waals surface area (Å²) in [6.07, 6.45) is 1.60. The minimum atomic E-state index is -0.178. The Morgan fingerprint density at radius 2 is 1.78 bits per heavy atom. The number of ether oxygens (including phenoxy) is 1. The highest BCUT2D eigenvalue weighted by Crippen LogP contribution is 2.34. The first kappa shape index (κ1) is 26.0. The third-order valence-electron chi connectivity index (χ3n) is 7.08. The van der Waals surface area contributed by atoms with Gasteiger partial charge in [0.2, 0.25) is 5.91 Å². The van der Waals surface area contributed by atoms with Crippen molar-refractivity contribution >= 4 is 23.2 Å². The smallest absolute Gasteiger partial charge is 0.254 e. The van der Waals surface area contributed by atoms with E-state index in [1.807, 2.05) is 61.2 Å². The Kier molecular flexibility index (Phi) is 8.47. The summed E-state index contributed by atoms with van der Waals surface area (Å²) < 4.78 is 6.21. The van der Waals surface area contributed by atoms with Crippen LogP contribution in [0.25, 0.3) is 0 Å². The number of nitrogens with zero attached hydrogens (tertiary/aromatic N) is 2. The lowest BCUT2D eigenvalue weighted by Gasteiger charge is -2.38. The van der Waals surface area contributed by atoms with E-state index in [2.05, 4.69) is 37.4 Å². The molecular weight excluding hydrogens is 468 g/mol. The third-order valence-corrected chi connectivity index (χ3v) is 8.08. The summed E-state index contributed by atoms with van der Waals surface area (Å²) >= 11 is 1.74. The van der Waals surface area contributed by atoms with Gasteiger partial charge in [0.15, 0.2) is 0 Å². The average molecular weight is 505 g/mol. The molecule has 190 valence electrons. The predicted octanol–water partition coefficient (Wildman–Crippen LogP) is 6.32. The van der Waals surface area contributed by atoms with Gasteiger partial charge in [-0.15, -0.1) is 11.3 Å². The summed E-state index contributed by atoms with van der Waals surface area (Å²) in [4.78, 5) is 32.0. The van der Waals surface area contributed by atoms with Crippen LogP contribution in [-0.4, -0.2) is 47.4 Å². The lowest BCUT2D eigenvalue weighted by Crippen LogP contribution is -2.49. The quantitative estimate of drug-likeness (QED) is 0.343. The first-order valence-electron chi connectivity index (χ1n) is 12.8. The monoisotopic (exact) mass is 504 g/mol. The van der Waals surface area contributed by atoms with Gasteiger partial charge in [0.05, 0.1) is 6.04 Å². The van der Waals surface area contributed by atoms with Crippen LogP contribution in [0.2, 0.25) is 0 Å². The number of thiophene rings is 1. The Hall–Kier alpha value is -3.12. The van der Waals surface area contributed by atoms with E-state index >= 15 is 0 Å². The minimum absolute atomic E-state index is 0.0415. The Balaban J connectivity index is 1.52. The van der Waals surface area contributed by atoms with Crippen LogP contribution in [0, 0.1) is 0 Å². The van der Waals surface area contributed by atoms with Crippen LogP contribution in [0.1, 0.15) is 72.4 Å². The molecule has 0 spiro atoms. The number of fused-ring (bicyclic) bond motifs is 1. The molecule has 0 saturated heterocycles. The number of benzene rings is 2. The molecule has 1 aromatic heterocycles. The first-order valence-corrected chi connectivity index (χ1v) is 13.7. The molecule has 4 rings (SSSR count). The van der Waals surface area contributed by atoms with Crippen LogP contribution in [-0.2, 0) is 11.2 Å². The topological polar surface area (TPSA) is 49.9 Å². The van der Waals surface area contributed by atoms with Crippen LogP contribution >= 0.6 is 11.3 Å². The Morgan fingerprint density at radius 3 is 2.44 bits per heavy atom. The zero-order valence-electron chi connectivity index (χ0n) is 21.6. The highest BCUT2D eigenvalue weighted by molar-refractivity contribution is 7.10. The average Bonchev–Trinajstić information content (AvgIpc) is 3.39. The van der Waals surface area contributed by atoms with Crippen LogP contribution in [0.15, 0.2) is 66.0 Å². The zero-order valence-corrected chi connectivity index (χ0v) is 22.5. The van der Waals surface area contributed by atoms with Gasteiger partial charge < -0.3 is 14.5 Å². The fraction of sp³-hybridized carbons (Fsp3) is 0.400. The van der Waals surface area contributed by atoms with Crippen molar-refractivity contribution in [1.82, 2.24) is 9.80 Å². The molecule has 0 fully saturated rings. The molecule has 1 aliphatic heterocycles. The van der Waals surface area contributed by atoms with Crippen LogP contribution in [0.5, 0.6) is 5.75 Å². The molecule has 1 aliphatic rings. The van der Waals surface area contributed by atoms with Gasteiger partial charge in [-0.3, -0.25) is 9.59 Å². The predicted molar refractivity (Wildman–Crippen MR) is 146 cm³/mol. The Bertz CT molecular complexity index is 1160. The molecule has 0 aliphatic carbocycles. The highest BCUT2D eigenvalue weighted by atomic mass is 32.1. The van der Waals surface area contributed by atoms with Crippen molar-refractivity contribution in [2.24, 2.45) is 0 Å². The zero-order chi connectivity index (χ0) is 25.7. The summed E-state index contributed by atoms with van der Waals surface area (Å²) in [7, 11) is 0. The second kappa shape index (κ2) is 11.7. The number of rotatable bonds is 9. The van der Waals surface area contributed by atoms with Gasteiger partial charge in [-0.25, -0.2) is 0 Å². The first-order chi connectivity index (χ1) is 17.4. The number of hydrogen-bond donors (Lipinski definition) is 0. The van der Waals surface area contributed by atoms with Crippen molar-refractivity contribution < 1.29 is 14.3 Å². The maximum absolute atomic E-state index is 13.7. The fourth-order valence-electron chi connectivity index (χ4n) is 4.63. The molecule has 2 atom stereocenters. The van der Waals surface area contributed by atoms with Gasteiger partial charge in [0.25, 0.3) is 5.91 Å². The van der Waals surface area contributed by atoms with Crippen LogP contribution in [0.3, 0.4) is 0 Å². The number of carbonyl (C=O) groups is 2. The molecule has 0 radical (unpaired) electrons. The van der Waals surface area contributed by atoms with Crippen molar-refractivity contribution in [3.63, 3.8) is 0 Å². The minimum Gasteiger partial charge on any atom is -0.491 e. The van der Waals surface area contributed by atoms with E-state index < -0.39 is 0 Å². The van der Waals surface area contributed by atoms with Crippen molar-refractivity contribution in [2.45, 2.75) is 58.5 Å². The largest absolute Gasteiger partial charge is 0.491 e. The van der Waals surface area contributed by atoms with E-state index in [1.165, 1.54) is 10.4 Å². The SMILES string of the molecule is CCC(C)N(CC(=O)N1CCc2sccc2C1COc1ccc(C(C)C)cc1)C(=O)c1ccccc1. The van der Waals surface area contributed by atoms with E-state index in [-0.39, 0.29) is 30.4 Å². The second-order valence-electron chi connectivity index (χ2n) is 9.74. The molecule has 6 heteroatoms. The molecule has 2 aromatic carbocycles. The molecular formula is C30H36N2O3S. The summed E-state index contributed by atoms with van der Waals surface area (Å²) in [6.45, 7) is 9.45. The van der Waals surface area contributed by atoms with E-state index in [4.69, 9.17) is 4.74 Å². The van der Waals surface area contributed by atoms with Crippen LogP contribution in [0.4, 0.5) is 0 Å². The van der Waals surface area contributed by atoms with E-state index in [1.54, 1.807) is 16.2 Å². The Labute approximate surface area is 218 Å². The van der Waals surface area contributed by atoms with E-state index in [0.29, 0.717) is 24.6 Å². The van der Waals surface area contributed by atoms with Crippen molar-refractivity contribution in [2.75, 3.05) is 19.7 Å². The molecule has 0 bridgehead atoms. The van der Waals surface area contributed by atoms with Crippen molar-refractivity contribution in [3.05, 3.63) is 87.6 Å². The van der Waals surface area contributed by atoms with Crippen LogP contribution < -0.4 is 4.74 Å². The number of amides is 2. The molecule has 0 saturated carbocycles. The summed E-state index contributed by atoms with van der Waals surface area (Å²) in [6, 6.07) is 19.3. The maximum Gasteiger partial charge on any atom is 0.254 e. The molecule has 5 nitrogen and oxygen atoms in total. The van der Waals surface area contributed by atoms with Gasteiger partial charge in [-0.2, -0.15) is 0 Å². The Morgan fingerprint density at radius 1 is 1.06 bits per heavy atom. The molecule has 0 N–H and O–H groups in total. The van der Waals surface area contributed by atoms with Gasteiger partial charge in [0.1, 0.15) is 18.9 Å². The normalized spacial score (nSPS) is 15.9. The lowest BCUT2D eigenvalue weighted by molar-refractivity contribution is -0.136. The van der Waals surface area contributed by atoms with Gasteiger partial charge in [0, 0.05) is 23.0 Å². The van der Waals surface area contributed by atoms with Gasteiger partial charge >= 0.3 is 0 Å². The molecule has 36 heavy (non-hydrogen) atoms. The van der Waals surface area contributed by atoms with E-state index in [0.717, 1.165) is 24.2 Å². The molecule has 3 aromatic rings. The highest BCUT2D eigenvalue weighted by Gasteiger charge is 2.34. The number of carbonyl (C=O) groups excluding carboxylic acids is 2. The van der Waals surface area contributed by atoms with E-state index in [9.17, 15) is 9.59 Å². The second-order valence-corrected chi connectivity index (χ2v) is 10.7. The lowest BCUT2D eigenvalue weighted by atomic mass is 10.00. The summed E-state index contributed by atoms with van der Waals surface area (Å²) in [5, 5.41) is 2.09. The fourth-order valence-corrected chi connectivity index (χ4v) is 5.56. The van der Waals surface area contributed by atoms with Crippen molar-refractivity contribution in [3.8, 4) is 5.75 Å². The van der Waals surface area contributed by atoms with Gasteiger partial charge in [-0.1, -0.05) is 51.1 Å². The maximum atomic E-state index is 13.7. The summed E-state index contributed by atoms with van der Waals surface area (Å²) in [5.74, 6) is 1.12. The third kappa shape index (κ3) is 5.81. The standard InChI is InChI=1S/C30H36N2O3S/c1-5-22(4)32(30(34)24-9-7-6-8-10-24)19-29(33)31-17-15-28-26(16-18-36-28)27(31)20-35-25-13-11-23(12-14-25)21(2)3/h6-14,16,18,21-22,27H,5,15,17,19-20H2,1-4H3. The molecule has 2 heterocycles. The van der Waals surface area contributed by atoms with Crippen molar-refractivity contribution in [1.29, 1.82) is 0 Å². The number of hydrogen-bond acceptors (Lipinski definition) is 4. The molecule has 2 unspecified atom stereocenters. The molecule has 2 amide bonds. The van der Waals surface area contributed by atoms with Gasteiger partial charge in [-0.05, 0) is 72.5 Å².